The van der Waals surface area contributed by atoms with Crippen LogP contribution in [0.2, 0.25) is 0 Å². The molecule has 0 saturated carbocycles. The Bertz CT molecular complexity index is 300. The number of nitrogens with one attached hydrogen (secondary N) is 1. The zero-order chi connectivity index (χ0) is 8.39. The van der Waals surface area contributed by atoms with E-state index >= 15 is 0 Å². The van der Waals surface area contributed by atoms with E-state index in [0.29, 0.717) is 12.5 Å². The van der Waals surface area contributed by atoms with Gasteiger partial charge in [-0.25, -0.2) is 5.10 Å². The maximum absolute atomic E-state index is 10.8. The molecule has 0 amide bonds. The van der Waals surface area contributed by atoms with Crippen molar-refractivity contribution >= 4 is 11.3 Å². The molecule has 0 radical (unpaired) electrons. The highest BCUT2D eigenvalue weighted by atomic mass is 32.1. The summed E-state index contributed by atoms with van der Waals surface area (Å²) in [6.45, 7) is 1.55. The van der Waals surface area contributed by atoms with Crippen molar-refractivity contribution < 1.29 is 4.74 Å². The van der Waals surface area contributed by atoms with Crippen LogP contribution in [0.1, 0.15) is 23.8 Å². The summed E-state index contributed by atoms with van der Waals surface area (Å²) in [6.07, 6.45) is 2.15. The van der Waals surface area contributed by atoms with Crippen molar-refractivity contribution in [2.75, 3.05) is 13.2 Å². The number of hydrogen-bond donors (Lipinski definition) is 1. The van der Waals surface area contributed by atoms with Crippen molar-refractivity contribution in [3.63, 3.8) is 0 Å². The Balaban J connectivity index is 2.13. The first-order valence-corrected chi connectivity index (χ1v) is 4.81. The average molecular weight is 186 g/mol. The molecule has 1 atom stereocenters. The lowest BCUT2D eigenvalue weighted by Crippen LogP contribution is -2.15. The Morgan fingerprint density at radius 1 is 1.67 bits per heavy atom. The van der Waals surface area contributed by atoms with E-state index in [1.54, 1.807) is 0 Å². The fourth-order valence-corrected chi connectivity index (χ4v) is 2.08. The van der Waals surface area contributed by atoms with Crippen LogP contribution in [0.15, 0.2) is 4.79 Å². The quantitative estimate of drug-likeness (QED) is 0.703. The van der Waals surface area contributed by atoms with Crippen molar-refractivity contribution in [2.24, 2.45) is 0 Å². The lowest BCUT2D eigenvalue weighted by molar-refractivity contribution is 0.0802. The summed E-state index contributed by atoms with van der Waals surface area (Å²) in [6, 6.07) is 0. The van der Waals surface area contributed by atoms with Crippen LogP contribution in [0, 0.1) is 0 Å². The van der Waals surface area contributed by atoms with Gasteiger partial charge in [0.2, 0.25) is 0 Å². The van der Waals surface area contributed by atoms with Gasteiger partial charge in [-0.2, -0.15) is 5.10 Å². The Labute approximate surface area is 73.6 Å². The van der Waals surface area contributed by atoms with Crippen molar-refractivity contribution in [1.82, 2.24) is 10.2 Å². The van der Waals surface area contributed by atoms with Crippen molar-refractivity contribution in [1.29, 1.82) is 0 Å². The van der Waals surface area contributed by atoms with Crippen LogP contribution >= 0.6 is 11.3 Å². The zero-order valence-corrected chi connectivity index (χ0v) is 7.39. The van der Waals surface area contributed by atoms with Gasteiger partial charge >= 0.3 is 4.87 Å². The average Bonchev–Trinajstić information content (AvgIpc) is 2.54. The molecule has 0 aromatic carbocycles. The fourth-order valence-electron chi connectivity index (χ4n) is 1.35. The Kier molecular flexibility index (Phi) is 2.23. The topological polar surface area (TPSA) is 55.0 Å². The molecule has 1 saturated heterocycles. The minimum Gasteiger partial charge on any atom is -0.381 e. The number of H-pyrrole nitrogens is 1. The smallest absolute Gasteiger partial charge is 0.322 e. The predicted octanol–water partition coefficient (Wildman–Crippen LogP) is 0.725. The van der Waals surface area contributed by atoms with E-state index in [1.807, 2.05) is 0 Å². The molecule has 2 rings (SSSR count). The minimum absolute atomic E-state index is 0.0735. The maximum atomic E-state index is 10.8. The first-order valence-electron chi connectivity index (χ1n) is 3.99. The number of hydrogen-bond acceptors (Lipinski definition) is 4. The highest BCUT2D eigenvalue weighted by molar-refractivity contribution is 7.08. The Morgan fingerprint density at radius 2 is 2.58 bits per heavy atom. The molecule has 12 heavy (non-hydrogen) atoms. The molecule has 0 aliphatic carbocycles. The molecule has 1 N–H and O–H groups in total. The molecule has 5 heteroatoms. The van der Waals surface area contributed by atoms with Crippen molar-refractivity contribution in [3.8, 4) is 0 Å². The molecular formula is C7H10N2O2S. The van der Waals surface area contributed by atoms with Gasteiger partial charge in [0, 0.05) is 12.5 Å². The molecule has 66 valence electrons. The van der Waals surface area contributed by atoms with Crippen LogP contribution in [0.25, 0.3) is 0 Å². The number of rotatable bonds is 1. The van der Waals surface area contributed by atoms with Gasteiger partial charge in [0.05, 0.1) is 6.61 Å². The summed E-state index contributed by atoms with van der Waals surface area (Å²) in [4.78, 5) is 10.7. The number of aromatic nitrogens is 2. The van der Waals surface area contributed by atoms with E-state index in [9.17, 15) is 4.79 Å². The van der Waals surface area contributed by atoms with E-state index < -0.39 is 0 Å². The van der Waals surface area contributed by atoms with E-state index in [2.05, 4.69) is 10.2 Å². The van der Waals surface area contributed by atoms with Gasteiger partial charge < -0.3 is 4.74 Å². The second kappa shape index (κ2) is 3.37. The summed E-state index contributed by atoms with van der Waals surface area (Å²) in [5.41, 5.74) is 0. The summed E-state index contributed by atoms with van der Waals surface area (Å²) in [5.74, 6) is 0.336. The van der Waals surface area contributed by atoms with Crippen LogP contribution < -0.4 is 4.87 Å². The van der Waals surface area contributed by atoms with Crippen molar-refractivity contribution in [3.05, 3.63) is 14.7 Å². The van der Waals surface area contributed by atoms with Crippen LogP contribution in [0.3, 0.4) is 0 Å². The van der Waals surface area contributed by atoms with E-state index in [0.717, 1.165) is 24.5 Å². The number of nitrogens with zero attached hydrogens (tertiary/aromatic N) is 1. The standard InChI is InChI=1S/C7H10N2O2S/c10-7-9-8-6(12-7)5-2-1-3-11-4-5/h5H,1-4H2,(H,9,10)/t5-/m0/s1. The second-order valence-electron chi connectivity index (χ2n) is 2.87. The second-order valence-corrected chi connectivity index (χ2v) is 3.86. The van der Waals surface area contributed by atoms with Gasteiger partial charge in [0.25, 0.3) is 0 Å². The highest BCUT2D eigenvalue weighted by Crippen LogP contribution is 2.24. The number of ether oxygens (including phenoxy) is 1. The van der Waals surface area contributed by atoms with Gasteiger partial charge in [-0.3, -0.25) is 4.79 Å². The molecule has 0 bridgehead atoms. The molecular weight excluding hydrogens is 176 g/mol. The first-order chi connectivity index (χ1) is 5.86. The summed E-state index contributed by atoms with van der Waals surface area (Å²) in [7, 11) is 0. The minimum atomic E-state index is -0.0735. The SMILES string of the molecule is O=c1[nH]nc([C@H]2CCCOC2)s1. The van der Waals surface area contributed by atoms with Gasteiger partial charge in [-0.15, -0.1) is 0 Å². The monoisotopic (exact) mass is 186 g/mol. The molecule has 1 aliphatic heterocycles. The third kappa shape index (κ3) is 1.56. The third-order valence-corrected chi connectivity index (χ3v) is 2.87. The highest BCUT2D eigenvalue weighted by Gasteiger charge is 2.19. The summed E-state index contributed by atoms with van der Waals surface area (Å²) < 4.78 is 5.30. The van der Waals surface area contributed by atoms with Crippen LogP contribution in [0.5, 0.6) is 0 Å². The van der Waals surface area contributed by atoms with Gasteiger partial charge in [0.1, 0.15) is 5.01 Å². The molecule has 1 aromatic heterocycles. The third-order valence-electron chi connectivity index (χ3n) is 1.96. The first kappa shape index (κ1) is 7.94. The fraction of sp³-hybridized carbons (Fsp3) is 0.714. The summed E-state index contributed by atoms with van der Waals surface area (Å²) >= 11 is 1.19. The molecule has 0 spiro atoms. The number of aromatic amines is 1. The van der Waals surface area contributed by atoms with Gasteiger partial charge in [0.15, 0.2) is 0 Å². The Hall–Kier alpha value is -0.680. The van der Waals surface area contributed by atoms with Crippen LogP contribution in [-0.4, -0.2) is 23.4 Å². The predicted molar refractivity (Wildman–Crippen MR) is 45.5 cm³/mol. The van der Waals surface area contributed by atoms with Gasteiger partial charge in [-0.1, -0.05) is 11.3 Å². The Morgan fingerprint density at radius 3 is 3.17 bits per heavy atom. The molecule has 1 aliphatic rings. The normalized spacial score (nSPS) is 24.2. The van der Waals surface area contributed by atoms with Crippen molar-refractivity contribution in [2.45, 2.75) is 18.8 Å². The van der Waals surface area contributed by atoms with E-state index in [-0.39, 0.29) is 4.87 Å². The van der Waals surface area contributed by atoms with Crippen LogP contribution in [-0.2, 0) is 4.74 Å². The van der Waals surface area contributed by atoms with Crippen LogP contribution in [0.4, 0.5) is 0 Å². The largest absolute Gasteiger partial charge is 0.381 e. The van der Waals surface area contributed by atoms with E-state index in [4.69, 9.17) is 4.74 Å². The molecule has 4 nitrogen and oxygen atoms in total. The lowest BCUT2D eigenvalue weighted by Gasteiger charge is -2.18. The zero-order valence-electron chi connectivity index (χ0n) is 6.58. The lowest BCUT2D eigenvalue weighted by atomic mass is 10.0. The summed E-state index contributed by atoms with van der Waals surface area (Å²) in [5, 5.41) is 7.25. The van der Waals surface area contributed by atoms with Gasteiger partial charge in [-0.05, 0) is 12.8 Å². The molecule has 0 unspecified atom stereocenters. The molecule has 2 heterocycles. The molecule has 1 fully saturated rings. The maximum Gasteiger partial charge on any atom is 0.322 e. The van der Waals surface area contributed by atoms with E-state index in [1.165, 1.54) is 11.3 Å². The molecule has 1 aromatic rings.